The molecule has 5 nitrogen and oxygen atoms in total. The summed E-state index contributed by atoms with van der Waals surface area (Å²) >= 11 is 0. The van der Waals surface area contributed by atoms with Crippen LogP contribution >= 0.6 is 0 Å². The minimum atomic E-state index is -1.18. The Bertz CT molecular complexity index is 438. The Morgan fingerprint density at radius 2 is 1.82 bits per heavy atom. The third-order valence-electron chi connectivity index (χ3n) is 2.06. The molecule has 0 aromatic heterocycles. The zero-order chi connectivity index (χ0) is 12.8. The number of carboxylic acid groups (broad SMARTS) is 1. The van der Waals surface area contributed by atoms with E-state index in [1.165, 1.54) is 0 Å². The normalized spacial score (nSPS) is 9.47. The van der Waals surface area contributed by atoms with E-state index in [9.17, 15) is 9.59 Å². The van der Waals surface area contributed by atoms with Crippen LogP contribution in [0.15, 0.2) is 30.8 Å². The van der Waals surface area contributed by atoms with Crippen molar-refractivity contribution in [2.24, 2.45) is 0 Å². The first-order chi connectivity index (χ1) is 7.99. The van der Waals surface area contributed by atoms with Crippen LogP contribution < -0.4 is 10.9 Å². The number of aliphatic carboxylic acids is 1. The average Bonchev–Trinajstić information content (AvgIpc) is 2.26. The summed E-state index contributed by atoms with van der Waals surface area (Å²) < 4.78 is 0. The van der Waals surface area contributed by atoms with Gasteiger partial charge in [-0.25, -0.2) is 0 Å². The van der Waals surface area contributed by atoms with E-state index in [-0.39, 0.29) is 0 Å². The lowest BCUT2D eigenvalue weighted by atomic mass is 10.1. The molecular weight excluding hydrogens is 220 g/mol. The highest BCUT2D eigenvalue weighted by molar-refractivity contribution is 5.93. The van der Waals surface area contributed by atoms with Gasteiger partial charge in [0.05, 0.1) is 5.70 Å². The number of hydrogen-bond donors (Lipinski definition) is 3. The van der Waals surface area contributed by atoms with Gasteiger partial charge in [0.25, 0.3) is 0 Å². The third kappa shape index (κ3) is 4.38. The molecule has 1 amide bonds. The topological polar surface area (TPSA) is 78.4 Å². The fraction of sp³-hybridized carbons (Fsp3) is 0.167. The van der Waals surface area contributed by atoms with E-state index in [0.29, 0.717) is 5.70 Å². The zero-order valence-corrected chi connectivity index (χ0v) is 9.49. The largest absolute Gasteiger partial charge is 0.481 e. The number of carbonyl (C=O) groups excluding carboxylic acids is 1. The summed E-state index contributed by atoms with van der Waals surface area (Å²) in [7, 11) is 0. The van der Waals surface area contributed by atoms with E-state index in [4.69, 9.17) is 5.11 Å². The first-order valence-corrected chi connectivity index (χ1v) is 5.01. The van der Waals surface area contributed by atoms with E-state index >= 15 is 0 Å². The molecule has 0 aliphatic heterocycles. The van der Waals surface area contributed by atoms with Gasteiger partial charge in [-0.15, -0.1) is 0 Å². The van der Waals surface area contributed by atoms with Crippen LogP contribution in [0.5, 0.6) is 0 Å². The van der Waals surface area contributed by atoms with Crippen molar-refractivity contribution in [3.05, 3.63) is 42.0 Å². The zero-order valence-electron chi connectivity index (χ0n) is 9.49. The van der Waals surface area contributed by atoms with Crippen LogP contribution in [0, 0.1) is 6.92 Å². The Kier molecular flexibility index (Phi) is 4.28. The minimum Gasteiger partial charge on any atom is -0.481 e. The standard InChI is InChI=1S/C12H14N2O3/c1-8-3-5-10(6-4-8)9(2)13-14-11(15)7-12(16)17/h3-6,13H,2,7H2,1H3,(H,14,15)(H,16,17). The van der Waals surface area contributed by atoms with Gasteiger partial charge in [-0.05, 0) is 12.5 Å². The molecule has 0 atom stereocenters. The fourth-order valence-corrected chi connectivity index (χ4v) is 1.15. The molecule has 1 aromatic rings. The van der Waals surface area contributed by atoms with Crippen molar-refractivity contribution in [2.75, 3.05) is 0 Å². The molecule has 1 rings (SSSR count). The van der Waals surface area contributed by atoms with Crippen LogP contribution in [0.3, 0.4) is 0 Å². The average molecular weight is 234 g/mol. The van der Waals surface area contributed by atoms with Crippen molar-refractivity contribution >= 4 is 17.6 Å². The smallest absolute Gasteiger partial charge is 0.312 e. The minimum absolute atomic E-state index is 0.503. The molecule has 0 heterocycles. The van der Waals surface area contributed by atoms with E-state index in [0.717, 1.165) is 11.1 Å². The Hall–Kier alpha value is -2.30. The van der Waals surface area contributed by atoms with Crippen molar-refractivity contribution in [1.29, 1.82) is 0 Å². The number of hydrazine groups is 1. The first kappa shape index (κ1) is 12.8. The van der Waals surface area contributed by atoms with Gasteiger partial charge in [0, 0.05) is 0 Å². The number of carboxylic acids is 1. The van der Waals surface area contributed by atoms with Crippen LogP contribution in [0.2, 0.25) is 0 Å². The molecule has 3 N–H and O–H groups in total. The lowest BCUT2D eigenvalue weighted by molar-refractivity contribution is -0.140. The highest BCUT2D eigenvalue weighted by Crippen LogP contribution is 2.09. The summed E-state index contributed by atoms with van der Waals surface area (Å²) in [6.45, 7) is 5.70. The summed E-state index contributed by atoms with van der Waals surface area (Å²) in [5.74, 6) is -1.80. The van der Waals surface area contributed by atoms with Crippen LogP contribution in [0.4, 0.5) is 0 Å². The van der Waals surface area contributed by atoms with Crippen LogP contribution in [-0.2, 0) is 9.59 Å². The van der Waals surface area contributed by atoms with Gasteiger partial charge in [0.1, 0.15) is 6.42 Å². The maximum absolute atomic E-state index is 11.0. The predicted octanol–water partition coefficient (Wildman–Crippen LogP) is 1.06. The molecular formula is C12H14N2O3. The monoisotopic (exact) mass is 234 g/mol. The first-order valence-electron chi connectivity index (χ1n) is 5.01. The number of amides is 1. The highest BCUT2D eigenvalue weighted by atomic mass is 16.4. The number of hydrogen-bond acceptors (Lipinski definition) is 3. The third-order valence-corrected chi connectivity index (χ3v) is 2.06. The predicted molar refractivity (Wildman–Crippen MR) is 63.7 cm³/mol. The van der Waals surface area contributed by atoms with Crippen molar-refractivity contribution in [3.8, 4) is 0 Å². The van der Waals surface area contributed by atoms with Crippen molar-refractivity contribution in [1.82, 2.24) is 10.9 Å². The number of nitrogens with one attached hydrogen (secondary N) is 2. The second kappa shape index (κ2) is 5.69. The quantitative estimate of drug-likeness (QED) is 0.526. The Morgan fingerprint density at radius 1 is 1.24 bits per heavy atom. The van der Waals surface area contributed by atoms with Crippen LogP contribution in [0.25, 0.3) is 5.70 Å². The molecule has 5 heteroatoms. The molecule has 0 aliphatic carbocycles. The Labute approximate surface area is 99.1 Å². The molecule has 0 saturated carbocycles. The number of carbonyl (C=O) groups is 2. The van der Waals surface area contributed by atoms with Gasteiger partial charge in [-0.1, -0.05) is 36.4 Å². The van der Waals surface area contributed by atoms with Crippen molar-refractivity contribution in [2.45, 2.75) is 13.3 Å². The fourth-order valence-electron chi connectivity index (χ4n) is 1.15. The summed E-state index contributed by atoms with van der Waals surface area (Å²) in [6, 6.07) is 7.55. The van der Waals surface area contributed by atoms with E-state index in [1.807, 2.05) is 31.2 Å². The molecule has 0 aliphatic rings. The molecule has 0 spiro atoms. The molecule has 1 aromatic carbocycles. The van der Waals surface area contributed by atoms with E-state index < -0.39 is 18.3 Å². The molecule has 0 saturated heterocycles. The van der Waals surface area contributed by atoms with Crippen LogP contribution in [0.1, 0.15) is 17.5 Å². The van der Waals surface area contributed by atoms with Gasteiger partial charge in [0.15, 0.2) is 0 Å². The number of rotatable bonds is 5. The van der Waals surface area contributed by atoms with Crippen molar-refractivity contribution < 1.29 is 14.7 Å². The molecule has 17 heavy (non-hydrogen) atoms. The number of benzene rings is 1. The van der Waals surface area contributed by atoms with Gasteiger partial charge in [-0.2, -0.15) is 0 Å². The summed E-state index contributed by atoms with van der Waals surface area (Å²) in [6.07, 6.45) is -0.575. The SMILES string of the molecule is C=C(NNC(=O)CC(=O)O)c1ccc(C)cc1. The maximum atomic E-state index is 11.0. The summed E-state index contributed by atoms with van der Waals surface area (Å²) in [5, 5.41) is 8.39. The Morgan fingerprint density at radius 3 is 2.35 bits per heavy atom. The number of aryl methyl sites for hydroxylation is 1. The van der Waals surface area contributed by atoms with Gasteiger partial charge >= 0.3 is 5.97 Å². The second-order valence-electron chi connectivity index (χ2n) is 3.59. The molecule has 0 bridgehead atoms. The van der Waals surface area contributed by atoms with Gasteiger partial charge in [0.2, 0.25) is 5.91 Å². The van der Waals surface area contributed by atoms with Crippen molar-refractivity contribution in [3.63, 3.8) is 0 Å². The lowest BCUT2D eigenvalue weighted by Crippen LogP contribution is -2.36. The van der Waals surface area contributed by atoms with Gasteiger partial charge in [-0.3, -0.25) is 20.4 Å². The van der Waals surface area contributed by atoms with Crippen LogP contribution in [-0.4, -0.2) is 17.0 Å². The molecule has 0 unspecified atom stereocenters. The lowest BCUT2D eigenvalue weighted by Gasteiger charge is -2.10. The molecule has 90 valence electrons. The highest BCUT2D eigenvalue weighted by Gasteiger charge is 2.07. The van der Waals surface area contributed by atoms with Gasteiger partial charge < -0.3 is 5.11 Å². The summed E-state index contributed by atoms with van der Waals surface area (Å²) in [5.41, 5.74) is 7.27. The maximum Gasteiger partial charge on any atom is 0.312 e. The second-order valence-corrected chi connectivity index (χ2v) is 3.59. The van der Waals surface area contributed by atoms with E-state index in [1.54, 1.807) is 0 Å². The molecule has 0 fully saturated rings. The summed E-state index contributed by atoms with van der Waals surface area (Å²) in [4.78, 5) is 21.3. The molecule has 0 radical (unpaired) electrons. The van der Waals surface area contributed by atoms with E-state index in [2.05, 4.69) is 17.4 Å². The Balaban J connectivity index is 2.47.